The summed E-state index contributed by atoms with van der Waals surface area (Å²) in [4.78, 5) is 11.2. The summed E-state index contributed by atoms with van der Waals surface area (Å²) >= 11 is 0. The van der Waals surface area contributed by atoms with Crippen LogP contribution in [0.25, 0.3) is 11.1 Å². The number of nitrogens with one attached hydrogen (secondary N) is 1. The summed E-state index contributed by atoms with van der Waals surface area (Å²) in [6, 6.07) is 15.2. The van der Waals surface area contributed by atoms with Crippen molar-refractivity contribution in [3.8, 4) is 11.1 Å². The van der Waals surface area contributed by atoms with Gasteiger partial charge in [-0.1, -0.05) is 49.4 Å². The van der Waals surface area contributed by atoms with Crippen molar-refractivity contribution in [2.75, 3.05) is 0 Å². The van der Waals surface area contributed by atoms with Gasteiger partial charge in [-0.25, -0.2) is 4.79 Å². The smallest absolute Gasteiger partial charge is 0.405 e. The first-order chi connectivity index (χ1) is 11.6. The zero-order valence-corrected chi connectivity index (χ0v) is 14.0. The third-order valence-electron chi connectivity index (χ3n) is 5.79. The van der Waals surface area contributed by atoms with Gasteiger partial charge in [0.05, 0.1) is 6.04 Å². The highest BCUT2D eigenvalue weighted by Gasteiger charge is 2.52. The van der Waals surface area contributed by atoms with Gasteiger partial charge in [0.2, 0.25) is 0 Å². The van der Waals surface area contributed by atoms with Gasteiger partial charge in [-0.3, -0.25) is 0 Å². The molecule has 24 heavy (non-hydrogen) atoms. The largest absolute Gasteiger partial charge is 0.465 e. The van der Waals surface area contributed by atoms with Gasteiger partial charge in [-0.05, 0) is 65.3 Å². The third kappa shape index (κ3) is 2.58. The predicted molar refractivity (Wildman–Crippen MR) is 95.1 cm³/mol. The number of rotatable bonds is 3. The van der Waals surface area contributed by atoms with Gasteiger partial charge in [0, 0.05) is 0 Å². The van der Waals surface area contributed by atoms with Crippen LogP contribution in [0.5, 0.6) is 0 Å². The monoisotopic (exact) mass is 321 g/mol. The average Bonchev–Trinajstić information content (AvgIpc) is 3.37. The first kappa shape index (κ1) is 15.3. The minimum Gasteiger partial charge on any atom is -0.465 e. The minimum absolute atomic E-state index is 0.0465. The highest BCUT2D eigenvalue weighted by molar-refractivity contribution is 5.68. The maximum Gasteiger partial charge on any atom is 0.405 e. The summed E-state index contributed by atoms with van der Waals surface area (Å²) in [7, 11) is 0. The molecule has 2 aliphatic carbocycles. The summed E-state index contributed by atoms with van der Waals surface area (Å²) in [6.45, 7) is 2.17. The van der Waals surface area contributed by atoms with Gasteiger partial charge in [-0.15, -0.1) is 0 Å². The zero-order valence-electron chi connectivity index (χ0n) is 14.0. The van der Waals surface area contributed by atoms with E-state index in [2.05, 4.69) is 54.7 Å². The SMILES string of the molecule is CCc1cccc(-c2ccc3c(c2)CCC2(CC2)C3NC(=O)O)c1. The van der Waals surface area contributed by atoms with Crippen LogP contribution in [-0.4, -0.2) is 11.2 Å². The second-order valence-corrected chi connectivity index (χ2v) is 7.21. The number of aryl methyl sites for hydroxylation is 2. The van der Waals surface area contributed by atoms with E-state index in [0.29, 0.717) is 0 Å². The lowest BCUT2D eigenvalue weighted by molar-refractivity contribution is 0.178. The van der Waals surface area contributed by atoms with Gasteiger partial charge in [0.15, 0.2) is 0 Å². The van der Waals surface area contributed by atoms with Crippen molar-refractivity contribution in [2.45, 2.75) is 45.1 Å². The van der Waals surface area contributed by atoms with Crippen molar-refractivity contribution in [1.82, 2.24) is 5.32 Å². The lowest BCUT2D eigenvalue weighted by Crippen LogP contribution is -2.36. The quantitative estimate of drug-likeness (QED) is 0.840. The van der Waals surface area contributed by atoms with Gasteiger partial charge in [0.25, 0.3) is 0 Å². The molecule has 2 aromatic rings. The Morgan fingerprint density at radius 3 is 2.67 bits per heavy atom. The Kier molecular flexibility index (Phi) is 3.60. The molecule has 0 aromatic heterocycles. The Morgan fingerprint density at radius 2 is 1.96 bits per heavy atom. The second kappa shape index (κ2) is 5.66. The molecule has 0 aliphatic heterocycles. The fourth-order valence-corrected chi connectivity index (χ4v) is 4.17. The summed E-state index contributed by atoms with van der Waals surface area (Å²) in [5, 5.41) is 12.0. The third-order valence-corrected chi connectivity index (χ3v) is 5.79. The molecule has 0 saturated heterocycles. The molecule has 0 heterocycles. The number of carbonyl (C=O) groups is 1. The molecule has 1 spiro atoms. The van der Waals surface area contributed by atoms with Gasteiger partial charge >= 0.3 is 6.09 Å². The Morgan fingerprint density at radius 1 is 1.17 bits per heavy atom. The Balaban J connectivity index is 1.71. The zero-order chi connectivity index (χ0) is 16.7. The Bertz CT molecular complexity index is 792. The maximum atomic E-state index is 11.2. The van der Waals surface area contributed by atoms with E-state index in [9.17, 15) is 9.90 Å². The summed E-state index contributed by atoms with van der Waals surface area (Å²) in [5.41, 5.74) is 6.46. The molecule has 1 atom stereocenters. The maximum absolute atomic E-state index is 11.2. The van der Waals surface area contributed by atoms with Crippen molar-refractivity contribution in [1.29, 1.82) is 0 Å². The van der Waals surface area contributed by atoms with E-state index in [1.54, 1.807) is 0 Å². The van der Waals surface area contributed by atoms with E-state index < -0.39 is 6.09 Å². The van der Waals surface area contributed by atoms with Crippen LogP contribution in [0.2, 0.25) is 0 Å². The van der Waals surface area contributed by atoms with Crippen LogP contribution in [0, 0.1) is 5.41 Å². The standard InChI is InChI=1S/C21H23NO2/c1-2-14-4-3-5-15(12-14)16-6-7-18-17(13-16)8-9-21(10-11-21)19(18)22-20(23)24/h3-7,12-13,19,22H,2,8-11H2,1H3,(H,23,24). The molecule has 0 bridgehead atoms. The molecule has 1 amide bonds. The van der Waals surface area contributed by atoms with Crippen molar-refractivity contribution in [3.05, 3.63) is 59.2 Å². The van der Waals surface area contributed by atoms with E-state index in [1.165, 1.54) is 27.8 Å². The van der Waals surface area contributed by atoms with Crippen LogP contribution in [0.3, 0.4) is 0 Å². The molecular formula is C21H23NO2. The lowest BCUT2D eigenvalue weighted by atomic mass is 9.76. The van der Waals surface area contributed by atoms with E-state index in [1.807, 2.05) is 0 Å². The van der Waals surface area contributed by atoms with Gasteiger partial charge in [0.1, 0.15) is 0 Å². The fraction of sp³-hybridized carbons (Fsp3) is 0.381. The van der Waals surface area contributed by atoms with Crippen molar-refractivity contribution in [2.24, 2.45) is 5.41 Å². The highest BCUT2D eigenvalue weighted by Crippen LogP contribution is 2.60. The van der Waals surface area contributed by atoms with Crippen molar-refractivity contribution < 1.29 is 9.90 Å². The van der Waals surface area contributed by atoms with Crippen LogP contribution in [0.4, 0.5) is 4.79 Å². The van der Waals surface area contributed by atoms with Crippen LogP contribution in [0.1, 0.15) is 48.9 Å². The van der Waals surface area contributed by atoms with E-state index in [0.717, 1.165) is 32.1 Å². The average molecular weight is 321 g/mol. The molecule has 0 radical (unpaired) electrons. The first-order valence-corrected chi connectivity index (χ1v) is 8.83. The van der Waals surface area contributed by atoms with Crippen LogP contribution in [-0.2, 0) is 12.8 Å². The number of hydrogen-bond donors (Lipinski definition) is 2. The minimum atomic E-state index is -0.918. The first-order valence-electron chi connectivity index (χ1n) is 8.83. The fourth-order valence-electron chi connectivity index (χ4n) is 4.17. The second-order valence-electron chi connectivity index (χ2n) is 7.21. The van der Waals surface area contributed by atoms with Gasteiger partial charge < -0.3 is 10.4 Å². The molecule has 3 nitrogen and oxygen atoms in total. The molecule has 2 aliphatic rings. The van der Waals surface area contributed by atoms with E-state index in [-0.39, 0.29) is 11.5 Å². The lowest BCUT2D eigenvalue weighted by Gasteiger charge is -2.34. The number of carboxylic acid groups (broad SMARTS) is 1. The van der Waals surface area contributed by atoms with Crippen LogP contribution < -0.4 is 5.32 Å². The molecule has 4 rings (SSSR count). The molecule has 1 fully saturated rings. The van der Waals surface area contributed by atoms with E-state index in [4.69, 9.17) is 0 Å². The number of benzene rings is 2. The predicted octanol–water partition coefficient (Wildman–Crippen LogP) is 4.95. The van der Waals surface area contributed by atoms with Crippen LogP contribution in [0.15, 0.2) is 42.5 Å². The summed E-state index contributed by atoms with van der Waals surface area (Å²) in [5.74, 6) is 0. The molecule has 2 aromatic carbocycles. The topological polar surface area (TPSA) is 49.3 Å². The number of hydrogen-bond acceptors (Lipinski definition) is 1. The van der Waals surface area contributed by atoms with E-state index >= 15 is 0 Å². The molecule has 1 saturated carbocycles. The molecule has 124 valence electrons. The molecule has 2 N–H and O–H groups in total. The summed E-state index contributed by atoms with van der Waals surface area (Å²) in [6.07, 6.45) is 4.53. The molecular weight excluding hydrogens is 298 g/mol. The van der Waals surface area contributed by atoms with Crippen molar-refractivity contribution >= 4 is 6.09 Å². The number of amides is 1. The Labute approximate surface area is 142 Å². The van der Waals surface area contributed by atoms with Crippen LogP contribution >= 0.6 is 0 Å². The van der Waals surface area contributed by atoms with Gasteiger partial charge in [-0.2, -0.15) is 0 Å². The molecule has 3 heteroatoms. The number of fused-ring (bicyclic) bond motifs is 1. The highest BCUT2D eigenvalue weighted by atomic mass is 16.4. The summed E-state index contributed by atoms with van der Waals surface area (Å²) < 4.78 is 0. The normalized spacial score (nSPS) is 20.5. The Hall–Kier alpha value is -2.29. The molecule has 1 unspecified atom stereocenters. The van der Waals surface area contributed by atoms with Crippen molar-refractivity contribution in [3.63, 3.8) is 0 Å².